The van der Waals surface area contributed by atoms with Crippen LogP contribution in [-0.2, 0) is 6.42 Å². The molecule has 0 spiro atoms. The van der Waals surface area contributed by atoms with Crippen molar-refractivity contribution in [1.29, 1.82) is 0 Å². The third-order valence-electron chi connectivity index (χ3n) is 2.66. The number of hydrogen-bond acceptors (Lipinski definition) is 3. The number of halogens is 1. The van der Waals surface area contributed by atoms with Gasteiger partial charge in [0, 0.05) is 12.7 Å². The van der Waals surface area contributed by atoms with Gasteiger partial charge in [0.25, 0.3) is 0 Å². The Morgan fingerprint density at radius 1 is 1.47 bits per heavy atom. The minimum absolute atomic E-state index is 0.282. The molecule has 2 heterocycles. The molecule has 1 aromatic rings. The first kappa shape index (κ1) is 12.0. The number of nitrogens with one attached hydrogen (secondary N) is 1. The Labute approximate surface area is 101 Å². The van der Waals surface area contributed by atoms with Crippen LogP contribution in [0.15, 0.2) is 30.6 Å². The molecule has 4 heteroatoms. The molecular formula is C13H17FN2O. The molecular weight excluding hydrogens is 218 g/mol. The van der Waals surface area contributed by atoms with Crippen molar-refractivity contribution in [2.75, 3.05) is 19.8 Å². The van der Waals surface area contributed by atoms with E-state index in [-0.39, 0.29) is 12.7 Å². The molecule has 2 rings (SSSR count). The molecule has 1 aliphatic heterocycles. The van der Waals surface area contributed by atoms with Crippen LogP contribution in [-0.4, -0.2) is 30.9 Å². The highest BCUT2D eigenvalue weighted by Gasteiger charge is 2.08. The second-order valence-corrected chi connectivity index (χ2v) is 4.08. The van der Waals surface area contributed by atoms with E-state index in [2.05, 4.69) is 22.5 Å². The van der Waals surface area contributed by atoms with Crippen LogP contribution in [0.5, 0.6) is 5.75 Å². The summed E-state index contributed by atoms with van der Waals surface area (Å²) >= 11 is 0. The minimum atomic E-state index is -0.290. The van der Waals surface area contributed by atoms with Gasteiger partial charge < -0.3 is 10.1 Å². The number of rotatable bonds is 6. The zero-order chi connectivity index (χ0) is 11.9. The molecule has 1 atom stereocenters. The van der Waals surface area contributed by atoms with Gasteiger partial charge in [0.1, 0.15) is 12.4 Å². The predicted molar refractivity (Wildman–Crippen MR) is 65.0 cm³/mol. The topological polar surface area (TPSA) is 34.1 Å². The van der Waals surface area contributed by atoms with Gasteiger partial charge in [0.05, 0.1) is 18.9 Å². The van der Waals surface area contributed by atoms with E-state index < -0.39 is 0 Å². The number of pyridine rings is 1. The van der Waals surface area contributed by atoms with Gasteiger partial charge in [0.2, 0.25) is 0 Å². The molecule has 1 N–H and O–H groups in total. The molecule has 1 aromatic heterocycles. The summed E-state index contributed by atoms with van der Waals surface area (Å²) in [5.41, 5.74) is 1.02. The van der Waals surface area contributed by atoms with Gasteiger partial charge in [-0.05, 0) is 24.5 Å². The monoisotopic (exact) mass is 235 g/mol. The number of ether oxygens (including phenoxy) is 1. The lowest BCUT2D eigenvalue weighted by molar-refractivity contribution is 0.292. The molecule has 0 saturated carbocycles. The van der Waals surface area contributed by atoms with Crippen molar-refractivity contribution >= 4 is 0 Å². The quantitative estimate of drug-likeness (QED) is 0.765. The summed E-state index contributed by atoms with van der Waals surface area (Å²) in [6.07, 6.45) is 8.89. The first-order valence-electron chi connectivity index (χ1n) is 5.91. The fraction of sp³-hybridized carbons (Fsp3) is 0.462. The Kier molecular flexibility index (Phi) is 4.50. The molecule has 1 aliphatic rings. The van der Waals surface area contributed by atoms with Crippen LogP contribution in [0, 0.1) is 0 Å². The molecule has 17 heavy (non-hydrogen) atoms. The third kappa shape index (κ3) is 3.82. The van der Waals surface area contributed by atoms with Gasteiger partial charge in [-0.3, -0.25) is 9.37 Å². The third-order valence-corrected chi connectivity index (χ3v) is 2.66. The average Bonchev–Trinajstić information content (AvgIpc) is 2.87. The molecule has 0 saturated heterocycles. The van der Waals surface area contributed by atoms with E-state index in [0.29, 0.717) is 19.4 Å². The van der Waals surface area contributed by atoms with E-state index in [0.717, 1.165) is 17.9 Å². The number of hydrogen-bond donors (Lipinski definition) is 1. The smallest absolute Gasteiger partial charge is 0.137 e. The number of alkyl halides is 1. The van der Waals surface area contributed by atoms with Gasteiger partial charge in [-0.25, -0.2) is 0 Å². The summed E-state index contributed by atoms with van der Waals surface area (Å²) < 4.78 is 17.7. The maximum absolute atomic E-state index is 12.1. The standard InChI is InChI=1S/C13H17FN2O/c14-5-1-3-11-7-13(9-15-8-11)17-10-12-4-2-6-16-12/h2,4,7-9,12,16H,1,3,5-6,10H2/t12-/m1/s1/i14-1. The van der Waals surface area contributed by atoms with Crippen molar-refractivity contribution in [2.45, 2.75) is 18.9 Å². The van der Waals surface area contributed by atoms with Crippen LogP contribution < -0.4 is 10.1 Å². The van der Waals surface area contributed by atoms with E-state index in [9.17, 15) is 4.39 Å². The summed E-state index contributed by atoms with van der Waals surface area (Å²) in [6, 6.07) is 2.21. The van der Waals surface area contributed by atoms with E-state index >= 15 is 0 Å². The number of aryl methyl sites for hydroxylation is 1. The Morgan fingerprint density at radius 3 is 3.18 bits per heavy atom. The normalized spacial score (nSPS) is 18.5. The average molecular weight is 235 g/mol. The van der Waals surface area contributed by atoms with Crippen LogP contribution in [0.3, 0.4) is 0 Å². The van der Waals surface area contributed by atoms with E-state index in [1.165, 1.54) is 0 Å². The highest BCUT2D eigenvalue weighted by molar-refractivity contribution is 5.24. The second kappa shape index (κ2) is 6.35. The largest absolute Gasteiger partial charge is 0.490 e. The maximum Gasteiger partial charge on any atom is 0.137 e. The van der Waals surface area contributed by atoms with Crippen molar-refractivity contribution in [3.05, 3.63) is 36.2 Å². The van der Waals surface area contributed by atoms with Crippen molar-refractivity contribution in [1.82, 2.24) is 10.3 Å². The summed E-state index contributed by atoms with van der Waals surface area (Å²) in [4.78, 5) is 4.10. The lowest BCUT2D eigenvalue weighted by atomic mass is 10.2. The van der Waals surface area contributed by atoms with Crippen molar-refractivity contribution in [2.24, 2.45) is 0 Å². The van der Waals surface area contributed by atoms with Crippen LogP contribution in [0.2, 0.25) is 0 Å². The van der Waals surface area contributed by atoms with Gasteiger partial charge in [-0.2, -0.15) is 0 Å². The van der Waals surface area contributed by atoms with Crippen molar-refractivity contribution < 1.29 is 9.13 Å². The molecule has 0 aliphatic carbocycles. The van der Waals surface area contributed by atoms with E-state index in [4.69, 9.17) is 4.74 Å². The van der Waals surface area contributed by atoms with Crippen LogP contribution in [0.4, 0.5) is 4.39 Å². The zero-order valence-corrected chi connectivity index (χ0v) is 9.73. The van der Waals surface area contributed by atoms with Crippen molar-refractivity contribution in [3.63, 3.8) is 0 Å². The minimum Gasteiger partial charge on any atom is -0.490 e. The lowest BCUT2D eigenvalue weighted by Gasteiger charge is -2.11. The highest BCUT2D eigenvalue weighted by Crippen LogP contribution is 2.13. The molecule has 0 amide bonds. The fourth-order valence-corrected chi connectivity index (χ4v) is 1.77. The van der Waals surface area contributed by atoms with Gasteiger partial charge >= 0.3 is 0 Å². The zero-order valence-electron chi connectivity index (χ0n) is 9.73. The van der Waals surface area contributed by atoms with Crippen LogP contribution in [0.25, 0.3) is 0 Å². The molecule has 0 bridgehead atoms. The van der Waals surface area contributed by atoms with Crippen LogP contribution >= 0.6 is 0 Å². The maximum atomic E-state index is 12.1. The van der Waals surface area contributed by atoms with Gasteiger partial charge in [-0.1, -0.05) is 12.2 Å². The first-order valence-corrected chi connectivity index (χ1v) is 5.91. The Bertz CT molecular complexity index is 381. The Morgan fingerprint density at radius 2 is 2.41 bits per heavy atom. The summed E-state index contributed by atoms with van der Waals surface area (Å²) in [5, 5.41) is 3.27. The molecule has 92 valence electrons. The predicted octanol–water partition coefficient (Wildman–Crippen LogP) is 1.89. The lowest BCUT2D eigenvalue weighted by Crippen LogP contribution is -2.28. The molecule has 0 aromatic carbocycles. The Balaban J connectivity index is 1.84. The van der Waals surface area contributed by atoms with Gasteiger partial charge in [-0.15, -0.1) is 0 Å². The molecule has 0 fully saturated rings. The van der Waals surface area contributed by atoms with E-state index in [1.807, 2.05) is 6.07 Å². The number of aromatic nitrogens is 1. The number of nitrogens with zero attached hydrogens (tertiary/aromatic N) is 1. The van der Waals surface area contributed by atoms with E-state index in [1.54, 1.807) is 12.4 Å². The van der Waals surface area contributed by atoms with Gasteiger partial charge in [0.15, 0.2) is 0 Å². The second-order valence-electron chi connectivity index (χ2n) is 4.08. The summed E-state index contributed by atoms with van der Waals surface area (Å²) in [6.45, 7) is 1.22. The fourth-order valence-electron chi connectivity index (χ4n) is 1.77. The van der Waals surface area contributed by atoms with Crippen LogP contribution in [0.1, 0.15) is 12.0 Å². The molecule has 0 radical (unpaired) electrons. The van der Waals surface area contributed by atoms with Crippen molar-refractivity contribution in [3.8, 4) is 5.75 Å². The first-order chi connectivity index (χ1) is 8.38. The molecule has 3 nitrogen and oxygen atoms in total. The highest BCUT2D eigenvalue weighted by atomic mass is 18.2. The Hall–Kier alpha value is -1.42. The molecule has 0 unspecified atom stereocenters. The summed E-state index contributed by atoms with van der Waals surface area (Å²) in [5.74, 6) is 0.753. The summed E-state index contributed by atoms with van der Waals surface area (Å²) in [7, 11) is 0. The SMILES string of the molecule is [18F]CCCc1cncc(OC[C@H]2C=CCN2)c1.